The van der Waals surface area contributed by atoms with Crippen LogP contribution in [-0.2, 0) is 14.8 Å². The second-order valence-corrected chi connectivity index (χ2v) is 5.50. The summed E-state index contributed by atoms with van der Waals surface area (Å²) in [7, 11) is -1.86. The van der Waals surface area contributed by atoms with E-state index in [4.69, 9.17) is 5.73 Å². The van der Waals surface area contributed by atoms with Gasteiger partial charge in [0.15, 0.2) is 0 Å². The molecule has 0 aromatic heterocycles. The van der Waals surface area contributed by atoms with Crippen molar-refractivity contribution in [3.63, 3.8) is 0 Å². The van der Waals surface area contributed by atoms with Crippen molar-refractivity contribution < 1.29 is 13.2 Å². The Kier molecular flexibility index (Phi) is 5.77. The molecule has 0 radical (unpaired) electrons. The fraction of sp³-hybridized carbons (Fsp3) is 0.875. The molecule has 0 aromatic carbocycles. The first-order valence-electron chi connectivity index (χ1n) is 4.77. The Morgan fingerprint density at radius 2 is 2.07 bits per heavy atom. The molecule has 0 fully saturated rings. The Morgan fingerprint density at radius 1 is 1.53 bits per heavy atom. The molecule has 1 atom stereocenters. The zero-order valence-electron chi connectivity index (χ0n) is 9.36. The molecular formula is C8H19N3O3S. The molecule has 1 unspecified atom stereocenters. The maximum atomic E-state index is 11.4. The molecule has 7 heteroatoms. The summed E-state index contributed by atoms with van der Waals surface area (Å²) in [6, 6.07) is 0. The smallest absolute Gasteiger partial charge is 0.237 e. The second kappa shape index (κ2) is 6.04. The highest BCUT2D eigenvalue weighted by atomic mass is 32.2. The molecule has 1 amide bonds. The maximum Gasteiger partial charge on any atom is 0.237 e. The standard InChI is InChI=1S/C8H19N3O3S/c1-4-11(3)8(12)6-10-15(13,14)7(2)5-9/h7,10H,4-6,9H2,1-3H3. The van der Waals surface area contributed by atoms with Gasteiger partial charge in [0, 0.05) is 20.1 Å². The minimum atomic E-state index is -3.47. The van der Waals surface area contributed by atoms with E-state index in [0.717, 1.165) is 0 Å². The van der Waals surface area contributed by atoms with Crippen molar-refractivity contribution >= 4 is 15.9 Å². The topological polar surface area (TPSA) is 92.5 Å². The van der Waals surface area contributed by atoms with Gasteiger partial charge in [0.25, 0.3) is 0 Å². The van der Waals surface area contributed by atoms with Crippen LogP contribution in [0.25, 0.3) is 0 Å². The first-order valence-corrected chi connectivity index (χ1v) is 6.32. The maximum absolute atomic E-state index is 11.4. The number of likely N-dealkylation sites (N-methyl/N-ethyl adjacent to an activating group) is 1. The van der Waals surface area contributed by atoms with E-state index in [-0.39, 0.29) is 19.0 Å². The number of carbonyl (C=O) groups is 1. The SMILES string of the molecule is CCN(C)C(=O)CNS(=O)(=O)C(C)CN. The van der Waals surface area contributed by atoms with Crippen molar-refractivity contribution in [1.29, 1.82) is 0 Å². The Labute approximate surface area is 90.9 Å². The third-order valence-corrected chi connectivity index (χ3v) is 3.98. The number of hydrogen-bond acceptors (Lipinski definition) is 4. The molecule has 0 rings (SSSR count). The van der Waals surface area contributed by atoms with Gasteiger partial charge in [-0.05, 0) is 13.8 Å². The quantitative estimate of drug-likeness (QED) is 0.602. The minimum Gasteiger partial charge on any atom is -0.345 e. The zero-order chi connectivity index (χ0) is 12.1. The average Bonchev–Trinajstić information content (AvgIpc) is 2.23. The fourth-order valence-corrected chi connectivity index (χ4v) is 1.61. The molecule has 90 valence electrons. The van der Waals surface area contributed by atoms with Crippen LogP contribution in [-0.4, -0.2) is 51.2 Å². The largest absolute Gasteiger partial charge is 0.345 e. The number of nitrogens with two attached hydrogens (primary N) is 1. The van der Waals surface area contributed by atoms with E-state index in [1.807, 2.05) is 6.92 Å². The van der Waals surface area contributed by atoms with Gasteiger partial charge >= 0.3 is 0 Å². The van der Waals surface area contributed by atoms with E-state index in [1.54, 1.807) is 7.05 Å². The summed E-state index contributed by atoms with van der Waals surface area (Å²) < 4.78 is 25.1. The third kappa shape index (κ3) is 4.59. The first kappa shape index (κ1) is 14.3. The van der Waals surface area contributed by atoms with Crippen molar-refractivity contribution in [3.8, 4) is 0 Å². The van der Waals surface area contributed by atoms with E-state index in [9.17, 15) is 13.2 Å². The Bertz CT molecular complexity index is 302. The van der Waals surface area contributed by atoms with Crippen molar-refractivity contribution in [2.45, 2.75) is 19.1 Å². The molecule has 15 heavy (non-hydrogen) atoms. The third-order valence-electron chi connectivity index (χ3n) is 2.19. The predicted molar refractivity (Wildman–Crippen MR) is 58.7 cm³/mol. The molecule has 0 saturated heterocycles. The number of hydrogen-bond donors (Lipinski definition) is 2. The van der Waals surface area contributed by atoms with Crippen LogP contribution in [0.4, 0.5) is 0 Å². The Balaban J connectivity index is 4.22. The molecule has 0 saturated carbocycles. The van der Waals surface area contributed by atoms with Crippen LogP contribution < -0.4 is 10.5 Å². The predicted octanol–water partition coefficient (Wildman–Crippen LogP) is -1.27. The van der Waals surface area contributed by atoms with Gasteiger partial charge in [-0.1, -0.05) is 0 Å². The van der Waals surface area contributed by atoms with Crippen LogP contribution in [0.15, 0.2) is 0 Å². The summed E-state index contributed by atoms with van der Waals surface area (Å²) in [6.07, 6.45) is 0. The van der Waals surface area contributed by atoms with Gasteiger partial charge in [-0.3, -0.25) is 4.79 Å². The highest BCUT2D eigenvalue weighted by Crippen LogP contribution is 1.95. The van der Waals surface area contributed by atoms with Crippen LogP contribution in [0.1, 0.15) is 13.8 Å². The van der Waals surface area contributed by atoms with Crippen molar-refractivity contribution in [2.75, 3.05) is 26.7 Å². The molecule has 0 aliphatic carbocycles. The number of rotatable bonds is 6. The van der Waals surface area contributed by atoms with Crippen LogP contribution >= 0.6 is 0 Å². The zero-order valence-corrected chi connectivity index (χ0v) is 10.2. The van der Waals surface area contributed by atoms with Crippen molar-refractivity contribution in [1.82, 2.24) is 9.62 Å². The Hall–Kier alpha value is -0.660. The molecule has 0 aliphatic heterocycles. The van der Waals surface area contributed by atoms with Crippen LogP contribution in [0.2, 0.25) is 0 Å². The van der Waals surface area contributed by atoms with Gasteiger partial charge in [0.1, 0.15) is 0 Å². The number of carbonyl (C=O) groups excluding carboxylic acids is 1. The first-order chi connectivity index (χ1) is 6.85. The molecule has 0 spiro atoms. The molecule has 0 bridgehead atoms. The summed E-state index contributed by atoms with van der Waals surface area (Å²) in [5.74, 6) is -0.259. The van der Waals surface area contributed by atoms with Crippen molar-refractivity contribution in [2.24, 2.45) is 5.73 Å². The number of nitrogens with one attached hydrogen (secondary N) is 1. The van der Waals surface area contributed by atoms with Gasteiger partial charge < -0.3 is 10.6 Å². The molecule has 6 nitrogen and oxygen atoms in total. The lowest BCUT2D eigenvalue weighted by Gasteiger charge is -2.16. The number of nitrogens with zero attached hydrogens (tertiary/aromatic N) is 1. The molecule has 0 heterocycles. The second-order valence-electron chi connectivity index (χ2n) is 3.32. The van der Waals surface area contributed by atoms with E-state index in [1.165, 1.54) is 11.8 Å². The number of amides is 1. The molecule has 3 N–H and O–H groups in total. The van der Waals surface area contributed by atoms with Crippen LogP contribution in [0, 0.1) is 0 Å². The lowest BCUT2D eigenvalue weighted by atomic mass is 10.5. The summed E-state index contributed by atoms with van der Waals surface area (Å²) in [4.78, 5) is 12.7. The summed E-state index contributed by atoms with van der Waals surface area (Å²) in [5, 5.41) is -0.683. The summed E-state index contributed by atoms with van der Waals surface area (Å²) in [6.45, 7) is 3.68. The fourth-order valence-electron chi connectivity index (χ4n) is 0.743. The summed E-state index contributed by atoms with van der Waals surface area (Å²) >= 11 is 0. The Morgan fingerprint density at radius 3 is 2.47 bits per heavy atom. The van der Waals surface area contributed by atoms with Gasteiger partial charge in [0.05, 0.1) is 11.8 Å². The lowest BCUT2D eigenvalue weighted by molar-refractivity contribution is -0.128. The monoisotopic (exact) mass is 237 g/mol. The highest BCUT2D eigenvalue weighted by Gasteiger charge is 2.20. The van der Waals surface area contributed by atoms with Crippen molar-refractivity contribution in [3.05, 3.63) is 0 Å². The average molecular weight is 237 g/mol. The normalized spacial score (nSPS) is 13.6. The van der Waals surface area contributed by atoms with Gasteiger partial charge in [-0.15, -0.1) is 0 Å². The lowest BCUT2D eigenvalue weighted by Crippen LogP contribution is -2.42. The van der Waals surface area contributed by atoms with Gasteiger partial charge in [-0.25, -0.2) is 13.1 Å². The molecule has 0 aromatic rings. The van der Waals surface area contributed by atoms with E-state index in [2.05, 4.69) is 4.72 Å². The van der Waals surface area contributed by atoms with E-state index >= 15 is 0 Å². The van der Waals surface area contributed by atoms with E-state index < -0.39 is 15.3 Å². The highest BCUT2D eigenvalue weighted by molar-refractivity contribution is 7.90. The molecule has 0 aliphatic rings. The van der Waals surface area contributed by atoms with Crippen LogP contribution in [0.3, 0.4) is 0 Å². The summed E-state index contributed by atoms with van der Waals surface area (Å²) in [5.41, 5.74) is 5.24. The van der Waals surface area contributed by atoms with Gasteiger partial charge in [-0.2, -0.15) is 0 Å². The van der Waals surface area contributed by atoms with Crippen LogP contribution in [0.5, 0.6) is 0 Å². The minimum absolute atomic E-state index is 0.0349. The molecular weight excluding hydrogens is 218 g/mol. The number of sulfonamides is 1. The van der Waals surface area contributed by atoms with Gasteiger partial charge in [0.2, 0.25) is 15.9 Å². The van der Waals surface area contributed by atoms with E-state index in [0.29, 0.717) is 6.54 Å².